The summed E-state index contributed by atoms with van der Waals surface area (Å²) in [7, 11) is 0. The second-order valence-electron chi connectivity index (χ2n) is 5.49. The van der Waals surface area contributed by atoms with Crippen LogP contribution in [0.2, 0.25) is 0 Å². The molecule has 0 aliphatic heterocycles. The van der Waals surface area contributed by atoms with E-state index >= 15 is 0 Å². The van der Waals surface area contributed by atoms with E-state index in [0.717, 1.165) is 13.8 Å². The zero-order chi connectivity index (χ0) is 17.1. The normalized spacial score (nSPS) is 13.7. The Bertz CT molecular complexity index is 552. The van der Waals surface area contributed by atoms with Crippen molar-refractivity contribution in [3.8, 4) is 0 Å². The Balaban J connectivity index is 2.76. The minimum Gasteiger partial charge on any atom is -0.481 e. The van der Waals surface area contributed by atoms with Crippen LogP contribution in [-0.4, -0.2) is 38.8 Å². The van der Waals surface area contributed by atoms with Crippen molar-refractivity contribution in [1.82, 2.24) is 14.9 Å². The molecule has 0 fully saturated rings. The predicted octanol–water partition coefficient (Wildman–Crippen LogP) is 1.74. The van der Waals surface area contributed by atoms with E-state index in [1.807, 2.05) is 0 Å². The summed E-state index contributed by atoms with van der Waals surface area (Å²) in [6.07, 6.45) is -1.95. The highest BCUT2D eigenvalue weighted by atomic mass is 19.4. The van der Waals surface area contributed by atoms with Gasteiger partial charge in [-0.15, -0.1) is 0 Å². The van der Waals surface area contributed by atoms with Gasteiger partial charge in [0.25, 0.3) is 0 Å². The Morgan fingerprint density at radius 1 is 1.41 bits per heavy atom. The Labute approximate surface area is 125 Å². The number of hydrogen-bond acceptors (Lipinski definition) is 3. The summed E-state index contributed by atoms with van der Waals surface area (Å²) in [6, 6.07) is -2.46. The summed E-state index contributed by atoms with van der Waals surface area (Å²) in [6.45, 7) is 3.71. The van der Waals surface area contributed by atoms with Gasteiger partial charge in [-0.05, 0) is 20.8 Å². The zero-order valence-corrected chi connectivity index (χ0v) is 12.4. The molecule has 1 rings (SSSR count). The number of amides is 1. The summed E-state index contributed by atoms with van der Waals surface area (Å²) in [5, 5.41) is 10.7. The molecule has 0 saturated heterocycles. The Morgan fingerprint density at radius 3 is 2.41 bits per heavy atom. The van der Waals surface area contributed by atoms with Crippen molar-refractivity contribution in [2.75, 3.05) is 0 Å². The highest BCUT2D eigenvalue weighted by Gasteiger charge is 2.53. The molecular weight excluding hydrogens is 303 g/mol. The van der Waals surface area contributed by atoms with E-state index in [4.69, 9.17) is 5.11 Å². The Morgan fingerprint density at radius 2 is 2.00 bits per heavy atom. The number of imidazole rings is 1. The molecule has 1 heterocycles. The van der Waals surface area contributed by atoms with E-state index in [-0.39, 0.29) is 13.0 Å². The number of carboxylic acid groups (broad SMARTS) is 1. The number of aryl methyl sites for hydroxylation is 2. The number of nitrogens with one attached hydrogen (secondary N) is 1. The lowest BCUT2D eigenvalue weighted by Gasteiger charge is -2.32. The van der Waals surface area contributed by atoms with Gasteiger partial charge in [-0.1, -0.05) is 0 Å². The summed E-state index contributed by atoms with van der Waals surface area (Å²) in [5.41, 5.74) is -2.17. The highest BCUT2D eigenvalue weighted by molar-refractivity contribution is 5.79. The van der Waals surface area contributed by atoms with Crippen LogP contribution in [0, 0.1) is 12.3 Å². The number of aliphatic carboxylic acids is 1. The van der Waals surface area contributed by atoms with Crippen LogP contribution < -0.4 is 5.32 Å². The molecule has 9 heteroatoms. The molecule has 1 unspecified atom stereocenters. The summed E-state index contributed by atoms with van der Waals surface area (Å²) < 4.78 is 40.7. The molecule has 1 amide bonds. The molecule has 0 bridgehead atoms. The molecule has 0 aromatic carbocycles. The minimum absolute atomic E-state index is 0.162. The number of hydrogen-bond donors (Lipinski definition) is 2. The van der Waals surface area contributed by atoms with Gasteiger partial charge in [0, 0.05) is 25.4 Å². The fourth-order valence-electron chi connectivity index (χ4n) is 1.89. The number of carbonyl (C=O) groups is 2. The third-order valence-electron chi connectivity index (χ3n) is 3.41. The third kappa shape index (κ3) is 4.22. The fraction of sp³-hybridized carbons (Fsp3) is 0.615. The third-order valence-corrected chi connectivity index (χ3v) is 3.41. The summed E-state index contributed by atoms with van der Waals surface area (Å²) in [4.78, 5) is 26.7. The second-order valence-corrected chi connectivity index (χ2v) is 5.49. The maximum atomic E-state index is 13.0. The van der Waals surface area contributed by atoms with Crippen molar-refractivity contribution in [3.63, 3.8) is 0 Å². The topological polar surface area (TPSA) is 84.2 Å². The van der Waals surface area contributed by atoms with Gasteiger partial charge < -0.3 is 15.0 Å². The van der Waals surface area contributed by atoms with Crippen LogP contribution in [0.3, 0.4) is 0 Å². The van der Waals surface area contributed by atoms with Gasteiger partial charge in [-0.2, -0.15) is 13.2 Å². The number of alkyl halides is 3. The first-order chi connectivity index (χ1) is 9.96. The monoisotopic (exact) mass is 321 g/mol. The number of nitrogens with zero attached hydrogens (tertiary/aromatic N) is 2. The first-order valence-corrected chi connectivity index (χ1v) is 6.53. The van der Waals surface area contributed by atoms with Gasteiger partial charge in [0.2, 0.25) is 5.91 Å². The molecule has 0 saturated carbocycles. The van der Waals surface area contributed by atoms with E-state index in [1.54, 1.807) is 23.0 Å². The number of aromatic nitrogens is 2. The SMILES string of the molecule is Cc1nccn1CCC(=O)NC(C(F)(F)F)C(C)(C)C(=O)O. The maximum absolute atomic E-state index is 13.0. The number of carbonyl (C=O) groups excluding carboxylic acids is 1. The van der Waals surface area contributed by atoms with Crippen LogP contribution in [0.25, 0.3) is 0 Å². The molecule has 0 radical (unpaired) electrons. The van der Waals surface area contributed by atoms with Gasteiger partial charge in [0.15, 0.2) is 0 Å². The molecular formula is C13H18F3N3O3. The van der Waals surface area contributed by atoms with Crippen LogP contribution in [0.4, 0.5) is 13.2 Å². The second kappa shape index (κ2) is 6.37. The molecule has 0 aliphatic carbocycles. The van der Waals surface area contributed by atoms with E-state index in [0.29, 0.717) is 5.82 Å². The van der Waals surface area contributed by atoms with Crippen LogP contribution in [0.15, 0.2) is 12.4 Å². The van der Waals surface area contributed by atoms with E-state index in [1.165, 1.54) is 6.20 Å². The van der Waals surface area contributed by atoms with Gasteiger partial charge >= 0.3 is 12.1 Å². The van der Waals surface area contributed by atoms with Crippen molar-refractivity contribution in [1.29, 1.82) is 0 Å². The predicted molar refractivity (Wildman–Crippen MR) is 71.0 cm³/mol. The van der Waals surface area contributed by atoms with E-state index in [2.05, 4.69) is 4.98 Å². The molecule has 124 valence electrons. The number of halogens is 3. The van der Waals surface area contributed by atoms with E-state index < -0.39 is 29.5 Å². The van der Waals surface area contributed by atoms with Crippen molar-refractivity contribution in [2.45, 2.75) is 46.0 Å². The lowest BCUT2D eigenvalue weighted by Crippen LogP contribution is -2.57. The molecule has 1 atom stereocenters. The van der Waals surface area contributed by atoms with Gasteiger partial charge in [-0.3, -0.25) is 9.59 Å². The van der Waals surface area contributed by atoms with E-state index in [9.17, 15) is 22.8 Å². The number of rotatable bonds is 6. The molecule has 6 nitrogen and oxygen atoms in total. The van der Waals surface area contributed by atoms with Crippen LogP contribution in [0.5, 0.6) is 0 Å². The van der Waals surface area contributed by atoms with Crippen molar-refractivity contribution in [2.24, 2.45) is 5.41 Å². The van der Waals surface area contributed by atoms with Crippen LogP contribution in [0.1, 0.15) is 26.1 Å². The largest absolute Gasteiger partial charge is 0.481 e. The summed E-state index contributed by atoms with van der Waals surface area (Å²) in [5.74, 6) is -1.88. The smallest absolute Gasteiger partial charge is 0.409 e. The average Bonchev–Trinajstić information content (AvgIpc) is 2.77. The maximum Gasteiger partial charge on any atom is 0.409 e. The minimum atomic E-state index is -4.86. The average molecular weight is 321 g/mol. The van der Waals surface area contributed by atoms with Gasteiger partial charge in [0.05, 0.1) is 5.41 Å². The molecule has 0 spiro atoms. The van der Waals surface area contributed by atoms with Crippen LogP contribution >= 0.6 is 0 Å². The van der Waals surface area contributed by atoms with Gasteiger partial charge in [-0.25, -0.2) is 4.98 Å². The standard InChI is InChI=1S/C13H18F3N3O3/c1-8-17-5-7-19(8)6-4-9(20)18-10(13(14,15)16)12(2,3)11(21)22/h5,7,10H,4,6H2,1-3H3,(H,18,20)(H,21,22). The lowest BCUT2D eigenvalue weighted by atomic mass is 9.84. The molecule has 2 N–H and O–H groups in total. The molecule has 1 aromatic rings. The van der Waals surface area contributed by atoms with Gasteiger partial charge in [0.1, 0.15) is 11.9 Å². The zero-order valence-electron chi connectivity index (χ0n) is 12.4. The molecule has 1 aromatic heterocycles. The molecule has 22 heavy (non-hydrogen) atoms. The Kier molecular flexibility index (Phi) is 5.21. The highest BCUT2D eigenvalue weighted by Crippen LogP contribution is 2.34. The van der Waals surface area contributed by atoms with Crippen LogP contribution in [-0.2, 0) is 16.1 Å². The molecule has 0 aliphatic rings. The number of carboxylic acids is 1. The van der Waals surface area contributed by atoms with Crippen molar-refractivity contribution >= 4 is 11.9 Å². The lowest BCUT2D eigenvalue weighted by molar-refractivity contribution is -0.193. The first-order valence-electron chi connectivity index (χ1n) is 6.53. The Hall–Kier alpha value is -2.06. The quantitative estimate of drug-likeness (QED) is 0.836. The van der Waals surface area contributed by atoms with Crippen molar-refractivity contribution in [3.05, 3.63) is 18.2 Å². The summed E-state index contributed by atoms with van der Waals surface area (Å²) >= 11 is 0. The van der Waals surface area contributed by atoms with Crippen molar-refractivity contribution < 1.29 is 27.9 Å². The first kappa shape index (κ1) is 18.0. The fourth-order valence-corrected chi connectivity index (χ4v) is 1.89.